The summed E-state index contributed by atoms with van der Waals surface area (Å²) in [6.45, 7) is 3.93. The highest BCUT2D eigenvalue weighted by molar-refractivity contribution is 7.98. The van der Waals surface area contributed by atoms with Crippen molar-refractivity contribution in [3.63, 3.8) is 0 Å². The van der Waals surface area contributed by atoms with E-state index in [-0.39, 0.29) is 16.8 Å². The lowest BCUT2D eigenvalue weighted by Gasteiger charge is -2.12. The standard InChI is InChI=1S/C18H22N2O3S2/c1-4-13(2)19-18(21)14-5-7-15(8-6-14)20-25(22,23)17-11-9-16(24-3)10-12-17/h5-13,20H,4H2,1-3H3,(H,19,21)/t13-/m1/s1. The Kier molecular flexibility index (Phi) is 6.50. The van der Waals surface area contributed by atoms with Gasteiger partial charge in [-0.25, -0.2) is 8.42 Å². The lowest BCUT2D eigenvalue weighted by atomic mass is 10.1. The molecule has 0 heterocycles. The van der Waals surface area contributed by atoms with Crippen LogP contribution in [0.5, 0.6) is 0 Å². The Labute approximate surface area is 153 Å². The fraction of sp³-hybridized carbons (Fsp3) is 0.278. The Morgan fingerprint density at radius 2 is 1.68 bits per heavy atom. The molecule has 0 saturated heterocycles. The minimum atomic E-state index is -3.65. The molecule has 0 fully saturated rings. The van der Waals surface area contributed by atoms with Crippen molar-refractivity contribution in [2.75, 3.05) is 11.0 Å². The van der Waals surface area contributed by atoms with Crippen molar-refractivity contribution >= 4 is 33.4 Å². The molecule has 0 aliphatic heterocycles. The Hall–Kier alpha value is -1.99. The number of carbonyl (C=O) groups excluding carboxylic acids is 1. The highest BCUT2D eigenvalue weighted by Gasteiger charge is 2.15. The molecular formula is C18H22N2O3S2. The number of benzene rings is 2. The summed E-state index contributed by atoms with van der Waals surface area (Å²) in [4.78, 5) is 13.2. The van der Waals surface area contributed by atoms with Gasteiger partial charge in [0.1, 0.15) is 0 Å². The van der Waals surface area contributed by atoms with E-state index in [4.69, 9.17) is 0 Å². The van der Waals surface area contributed by atoms with E-state index < -0.39 is 10.0 Å². The van der Waals surface area contributed by atoms with Crippen LogP contribution in [0.2, 0.25) is 0 Å². The van der Waals surface area contributed by atoms with Gasteiger partial charge in [-0.05, 0) is 68.1 Å². The zero-order valence-corrected chi connectivity index (χ0v) is 16.1. The third kappa shape index (κ3) is 5.24. The lowest BCUT2D eigenvalue weighted by molar-refractivity contribution is 0.0939. The van der Waals surface area contributed by atoms with E-state index in [1.165, 1.54) is 0 Å². The molecule has 0 aromatic heterocycles. The molecule has 0 saturated carbocycles. The second kappa shape index (κ2) is 8.40. The van der Waals surface area contributed by atoms with Crippen molar-refractivity contribution < 1.29 is 13.2 Å². The van der Waals surface area contributed by atoms with Crippen LogP contribution >= 0.6 is 11.8 Å². The Balaban J connectivity index is 2.10. The van der Waals surface area contributed by atoms with E-state index in [2.05, 4.69) is 10.0 Å². The quantitative estimate of drug-likeness (QED) is 0.720. The number of anilines is 1. The van der Waals surface area contributed by atoms with Crippen molar-refractivity contribution in [1.29, 1.82) is 0 Å². The Morgan fingerprint density at radius 3 is 2.20 bits per heavy atom. The number of amides is 1. The summed E-state index contributed by atoms with van der Waals surface area (Å²) in [6.07, 6.45) is 2.78. The summed E-state index contributed by atoms with van der Waals surface area (Å²) in [5.41, 5.74) is 0.904. The van der Waals surface area contributed by atoms with Crippen LogP contribution in [0.15, 0.2) is 58.3 Å². The molecule has 5 nitrogen and oxygen atoms in total. The minimum Gasteiger partial charge on any atom is -0.350 e. The van der Waals surface area contributed by atoms with Crippen LogP contribution in [-0.2, 0) is 10.0 Å². The molecule has 2 rings (SSSR count). The zero-order valence-electron chi connectivity index (χ0n) is 14.4. The van der Waals surface area contributed by atoms with Crippen molar-refractivity contribution in [3.8, 4) is 0 Å². The van der Waals surface area contributed by atoms with Crippen molar-refractivity contribution in [1.82, 2.24) is 5.32 Å². The predicted octanol–water partition coefficient (Wildman–Crippen LogP) is 3.74. The first-order valence-electron chi connectivity index (χ1n) is 7.93. The van der Waals surface area contributed by atoms with Gasteiger partial charge < -0.3 is 5.32 Å². The predicted molar refractivity (Wildman–Crippen MR) is 103 cm³/mol. The summed E-state index contributed by atoms with van der Waals surface area (Å²) in [5, 5.41) is 2.87. The van der Waals surface area contributed by atoms with Crippen LogP contribution in [0, 0.1) is 0 Å². The molecule has 0 bridgehead atoms. The summed E-state index contributed by atoms with van der Waals surface area (Å²) in [7, 11) is -3.65. The third-order valence-electron chi connectivity index (χ3n) is 3.76. The average Bonchev–Trinajstić information content (AvgIpc) is 2.61. The van der Waals surface area contributed by atoms with Gasteiger partial charge in [0.15, 0.2) is 0 Å². The van der Waals surface area contributed by atoms with Gasteiger partial charge in [0.2, 0.25) is 0 Å². The van der Waals surface area contributed by atoms with Crippen molar-refractivity contribution in [2.24, 2.45) is 0 Å². The van der Waals surface area contributed by atoms with Gasteiger partial charge in [-0.15, -0.1) is 11.8 Å². The molecule has 1 atom stereocenters. The lowest BCUT2D eigenvalue weighted by Crippen LogP contribution is -2.31. The van der Waals surface area contributed by atoms with Gasteiger partial charge in [0, 0.05) is 22.2 Å². The zero-order chi connectivity index (χ0) is 18.4. The first kappa shape index (κ1) is 19.3. The van der Waals surface area contributed by atoms with Gasteiger partial charge in [-0.2, -0.15) is 0 Å². The molecule has 1 amide bonds. The maximum Gasteiger partial charge on any atom is 0.261 e. The molecule has 25 heavy (non-hydrogen) atoms. The van der Waals surface area contributed by atoms with Crippen LogP contribution in [0.3, 0.4) is 0 Å². The number of nitrogens with one attached hydrogen (secondary N) is 2. The molecule has 7 heteroatoms. The monoisotopic (exact) mass is 378 g/mol. The summed E-state index contributed by atoms with van der Waals surface area (Å²) in [6, 6.07) is 13.1. The molecule has 0 radical (unpaired) electrons. The molecule has 134 valence electrons. The topological polar surface area (TPSA) is 75.3 Å². The van der Waals surface area contributed by atoms with E-state index in [0.717, 1.165) is 11.3 Å². The molecule has 2 N–H and O–H groups in total. The maximum atomic E-state index is 12.4. The van der Waals surface area contributed by atoms with E-state index in [1.54, 1.807) is 60.3 Å². The van der Waals surface area contributed by atoms with Crippen LogP contribution in [0.25, 0.3) is 0 Å². The second-order valence-electron chi connectivity index (χ2n) is 5.64. The highest BCUT2D eigenvalue weighted by atomic mass is 32.2. The number of carbonyl (C=O) groups is 1. The SMILES string of the molecule is CC[C@@H](C)NC(=O)c1ccc(NS(=O)(=O)c2ccc(SC)cc2)cc1. The minimum absolute atomic E-state index is 0.0925. The number of hydrogen-bond donors (Lipinski definition) is 2. The van der Waals surface area contributed by atoms with Gasteiger partial charge >= 0.3 is 0 Å². The molecular weight excluding hydrogens is 356 g/mol. The average molecular weight is 379 g/mol. The molecule has 2 aromatic rings. The summed E-state index contributed by atoms with van der Waals surface area (Å²) in [5.74, 6) is -0.170. The van der Waals surface area contributed by atoms with Crippen LogP contribution in [0.1, 0.15) is 30.6 Å². The van der Waals surface area contributed by atoms with Crippen molar-refractivity contribution in [2.45, 2.75) is 36.1 Å². The van der Waals surface area contributed by atoms with Gasteiger partial charge in [-0.1, -0.05) is 6.92 Å². The van der Waals surface area contributed by atoms with Crippen LogP contribution in [-0.4, -0.2) is 26.6 Å². The Morgan fingerprint density at radius 1 is 1.08 bits per heavy atom. The van der Waals surface area contributed by atoms with E-state index in [1.807, 2.05) is 20.1 Å². The van der Waals surface area contributed by atoms with Gasteiger partial charge in [-0.3, -0.25) is 9.52 Å². The third-order valence-corrected chi connectivity index (χ3v) is 5.90. The molecule has 0 aliphatic carbocycles. The number of rotatable bonds is 7. The normalized spacial score (nSPS) is 12.4. The van der Waals surface area contributed by atoms with Gasteiger partial charge in [0.05, 0.1) is 4.90 Å². The molecule has 0 aliphatic rings. The number of thioether (sulfide) groups is 1. The van der Waals surface area contributed by atoms with Crippen LogP contribution in [0.4, 0.5) is 5.69 Å². The summed E-state index contributed by atoms with van der Waals surface area (Å²) < 4.78 is 27.3. The van der Waals surface area contributed by atoms with E-state index in [9.17, 15) is 13.2 Å². The maximum absolute atomic E-state index is 12.4. The van der Waals surface area contributed by atoms with E-state index >= 15 is 0 Å². The van der Waals surface area contributed by atoms with Crippen molar-refractivity contribution in [3.05, 3.63) is 54.1 Å². The fourth-order valence-electron chi connectivity index (χ4n) is 2.07. The first-order valence-corrected chi connectivity index (χ1v) is 10.6. The Bertz CT molecular complexity index is 816. The second-order valence-corrected chi connectivity index (χ2v) is 8.20. The number of sulfonamides is 1. The van der Waals surface area contributed by atoms with Gasteiger partial charge in [0.25, 0.3) is 15.9 Å². The largest absolute Gasteiger partial charge is 0.350 e. The van der Waals surface area contributed by atoms with E-state index in [0.29, 0.717) is 11.3 Å². The van der Waals surface area contributed by atoms with Crippen LogP contribution < -0.4 is 10.0 Å². The highest BCUT2D eigenvalue weighted by Crippen LogP contribution is 2.20. The molecule has 2 aromatic carbocycles. The molecule has 0 spiro atoms. The smallest absolute Gasteiger partial charge is 0.261 e. The first-order chi connectivity index (χ1) is 11.9. The number of hydrogen-bond acceptors (Lipinski definition) is 4. The molecule has 0 unspecified atom stereocenters. The fourth-order valence-corrected chi connectivity index (χ4v) is 3.53. The summed E-state index contributed by atoms with van der Waals surface area (Å²) >= 11 is 1.55.